The third kappa shape index (κ3) is 15.8. The molecule has 0 spiro atoms. The van der Waals surface area contributed by atoms with E-state index in [9.17, 15) is 0 Å². The highest BCUT2D eigenvalue weighted by Gasteiger charge is 1.91. The number of ether oxygens (including phenoxy) is 4. The van der Waals surface area contributed by atoms with Crippen molar-refractivity contribution in [1.29, 1.82) is 0 Å². The van der Waals surface area contributed by atoms with E-state index in [0.29, 0.717) is 33.2 Å². The first-order valence-corrected chi connectivity index (χ1v) is 6.72. The smallest absolute Gasteiger partial charge is 0.146 e. The van der Waals surface area contributed by atoms with Crippen molar-refractivity contribution in [2.75, 3.05) is 46.4 Å². The van der Waals surface area contributed by atoms with E-state index in [1.54, 1.807) is 0 Å². The molecule has 0 amide bonds. The lowest BCUT2D eigenvalue weighted by atomic mass is 10.4. The second kappa shape index (κ2) is 15.8. The van der Waals surface area contributed by atoms with E-state index >= 15 is 0 Å². The molecule has 0 aliphatic carbocycles. The van der Waals surface area contributed by atoms with Gasteiger partial charge in [0, 0.05) is 13.2 Å². The van der Waals surface area contributed by atoms with Crippen molar-refractivity contribution in [3.63, 3.8) is 0 Å². The minimum atomic E-state index is 0.371. The summed E-state index contributed by atoms with van der Waals surface area (Å²) in [5, 5.41) is 0. The average Bonchev–Trinajstić information content (AvgIpc) is 2.35. The van der Waals surface area contributed by atoms with Gasteiger partial charge in [0.1, 0.15) is 6.79 Å². The Hall–Kier alpha value is -0.160. The molecule has 0 aromatic rings. The van der Waals surface area contributed by atoms with Crippen molar-refractivity contribution in [3.8, 4) is 0 Å². The van der Waals surface area contributed by atoms with Gasteiger partial charge in [-0.2, -0.15) is 0 Å². The highest BCUT2D eigenvalue weighted by Crippen LogP contribution is 1.89. The zero-order valence-corrected chi connectivity index (χ0v) is 11.4. The van der Waals surface area contributed by atoms with Crippen molar-refractivity contribution in [3.05, 3.63) is 0 Å². The van der Waals surface area contributed by atoms with E-state index in [2.05, 4.69) is 13.8 Å². The normalized spacial score (nSPS) is 10.9. The zero-order chi connectivity index (χ0) is 12.6. The summed E-state index contributed by atoms with van der Waals surface area (Å²) in [7, 11) is 0. The molecule has 4 nitrogen and oxygen atoms in total. The maximum absolute atomic E-state index is 5.36. The fraction of sp³-hybridized carbons (Fsp3) is 1.00. The molecule has 0 heterocycles. The molecule has 0 bridgehead atoms. The Labute approximate surface area is 106 Å². The lowest BCUT2D eigenvalue weighted by molar-refractivity contribution is -0.0728. The van der Waals surface area contributed by atoms with Crippen molar-refractivity contribution in [1.82, 2.24) is 0 Å². The molecule has 0 aliphatic rings. The summed E-state index contributed by atoms with van der Waals surface area (Å²) in [5.74, 6) is 0. The van der Waals surface area contributed by atoms with Crippen molar-refractivity contribution in [2.24, 2.45) is 0 Å². The van der Waals surface area contributed by atoms with Gasteiger partial charge in [-0.15, -0.1) is 0 Å². The zero-order valence-electron chi connectivity index (χ0n) is 11.4. The summed E-state index contributed by atoms with van der Waals surface area (Å²) < 4.78 is 21.2. The van der Waals surface area contributed by atoms with Gasteiger partial charge in [-0.3, -0.25) is 0 Å². The summed E-state index contributed by atoms with van der Waals surface area (Å²) in [6.45, 7) is 8.78. The molecule has 0 fully saturated rings. The largest absolute Gasteiger partial charge is 0.379 e. The summed E-state index contributed by atoms with van der Waals surface area (Å²) in [6.07, 6.45) is 4.54. The Morgan fingerprint density at radius 1 is 0.529 bits per heavy atom. The van der Waals surface area contributed by atoms with Crippen LogP contribution >= 0.6 is 0 Å². The number of hydrogen-bond acceptors (Lipinski definition) is 4. The van der Waals surface area contributed by atoms with Gasteiger partial charge in [-0.25, -0.2) is 0 Å². The van der Waals surface area contributed by atoms with Crippen LogP contribution in [0.1, 0.15) is 39.5 Å². The average molecular weight is 248 g/mol. The molecule has 104 valence electrons. The van der Waals surface area contributed by atoms with Gasteiger partial charge >= 0.3 is 0 Å². The van der Waals surface area contributed by atoms with Gasteiger partial charge in [0.2, 0.25) is 0 Å². The molecular weight excluding hydrogens is 220 g/mol. The van der Waals surface area contributed by atoms with Crippen LogP contribution < -0.4 is 0 Å². The van der Waals surface area contributed by atoms with Crippen molar-refractivity contribution in [2.45, 2.75) is 39.5 Å². The monoisotopic (exact) mass is 248 g/mol. The molecule has 0 N–H and O–H groups in total. The highest BCUT2D eigenvalue weighted by molar-refractivity contribution is 4.34. The third-order valence-electron chi connectivity index (χ3n) is 2.20. The van der Waals surface area contributed by atoms with E-state index in [1.165, 1.54) is 6.42 Å². The molecule has 0 unspecified atom stereocenters. The van der Waals surface area contributed by atoms with Crippen LogP contribution in [0.2, 0.25) is 0 Å². The fourth-order valence-electron chi connectivity index (χ4n) is 1.11. The quantitative estimate of drug-likeness (QED) is 0.350. The second-order valence-corrected chi connectivity index (χ2v) is 3.87. The van der Waals surface area contributed by atoms with E-state index in [4.69, 9.17) is 18.9 Å². The molecular formula is C13H28O4. The van der Waals surface area contributed by atoms with Crippen LogP contribution in [-0.2, 0) is 18.9 Å². The molecule has 17 heavy (non-hydrogen) atoms. The summed E-state index contributed by atoms with van der Waals surface area (Å²) in [5.41, 5.74) is 0. The van der Waals surface area contributed by atoms with Crippen LogP contribution in [0, 0.1) is 0 Å². The van der Waals surface area contributed by atoms with E-state index < -0.39 is 0 Å². The molecule has 0 aliphatic heterocycles. The first-order chi connectivity index (χ1) is 8.41. The molecule has 0 radical (unpaired) electrons. The van der Waals surface area contributed by atoms with Crippen molar-refractivity contribution < 1.29 is 18.9 Å². The predicted octanol–water partition coefficient (Wildman–Crippen LogP) is 2.61. The lowest BCUT2D eigenvalue weighted by Gasteiger charge is -2.07. The highest BCUT2D eigenvalue weighted by atomic mass is 16.7. The molecule has 0 rings (SSSR count). The third-order valence-corrected chi connectivity index (χ3v) is 2.20. The molecule has 0 aromatic carbocycles. The Balaban J connectivity index is 2.85. The Bertz CT molecular complexity index is 117. The van der Waals surface area contributed by atoms with Crippen LogP contribution in [0.3, 0.4) is 0 Å². The van der Waals surface area contributed by atoms with Gasteiger partial charge < -0.3 is 18.9 Å². The molecule has 0 saturated carbocycles. The molecule has 4 heteroatoms. The van der Waals surface area contributed by atoms with Crippen LogP contribution in [0.4, 0.5) is 0 Å². The first kappa shape index (κ1) is 16.8. The maximum Gasteiger partial charge on any atom is 0.146 e. The van der Waals surface area contributed by atoms with E-state index in [1.807, 2.05) is 0 Å². The van der Waals surface area contributed by atoms with Gasteiger partial charge in [-0.1, -0.05) is 26.7 Å². The first-order valence-electron chi connectivity index (χ1n) is 6.72. The lowest BCUT2D eigenvalue weighted by Crippen LogP contribution is -2.11. The van der Waals surface area contributed by atoms with Gasteiger partial charge in [0.25, 0.3) is 0 Å². The Kier molecular flexibility index (Phi) is 15.7. The molecule has 0 aromatic heterocycles. The fourth-order valence-corrected chi connectivity index (χ4v) is 1.11. The van der Waals surface area contributed by atoms with Gasteiger partial charge in [0.05, 0.1) is 26.4 Å². The minimum Gasteiger partial charge on any atom is -0.379 e. The summed E-state index contributed by atoms with van der Waals surface area (Å²) >= 11 is 0. The summed E-state index contributed by atoms with van der Waals surface area (Å²) in [4.78, 5) is 0. The van der Waals surface area contributed by atoms with Gasteiger partial charge in [0.15, 0.2) is 0 Å². The Morgan fingerprint density at radius 3 is 1.53 bits per heavy atom. The molecule has 0 atom stereocenters. The van der Waals surface area contributed by atoms with E-state index in [-0.39, 0.29) is 0 Å². The molecule has 0 saturated heterocycles. The van der Waals surface area contributed by atoms with E-state index in [0.717, 1.165) is 32.5 Å². The SMILES string of the molecule is CCCCOCCOCCOCOCCCC. The maximum atomic E-state index is 5.36. The Morgan fingerprint density at radius 2 is 0.941 bits per heavy atom. The standard InChI is InChI=1S/C13H28O4/c1-3-5-7-14-9-10-15-11-12-17-13-16-8-6-4-2/h3-13H2,1-2H3. The van der Waals surface area contributed by atoms with Crippen LogP contribution in [0.25, 0.3) is 0 Å². The van der Waals surface area contributed by atoms with Crippen molar-refractivity contribution >= 4 is 0 Å². The predicted molar refractivity (Wildman–Crippen MR) is 68.2 cm³/mol. The van der Waals surface area contributed by atoms with Crippen LogP contribution in [0.5, 0.6) is 0 Å². The summed E-state index contributed by atoms with van der Waals surface area (Å²) in [6, 6.07) is 0. The van der Waals surface area contributed by atoms with Gasteiger partial charge in [-0.05, 0) is 12.8 Å². The van der Waals surface area contributed by atoms with Crippen LogP contribution in [-0.4, -0.2) is 46.4 Å². The minimum absolute atomic E-state index is 0.371. The number of unbranched alkanes of at least 4 members (excludes halogenated alkanes) is 2. The number of hydrogen-bond donors (Lipinski definition) is 0. The number of rotatable bonds is 14. The second-order valence-electron chi connectivity index (χ2n) is 3.87. The topological polar surface area (TPSA) is 36.9 Å². The van der Waals surface area contributed by atoms with Crippen LogP contribution in [0.15, 0.2) is 0 Å².